The van der Waals surface area contributed by atoms with Crippen LogP contribution in [-0.4, -0.2) is 28.8 Å². The molecule has 0 saturated heterocycles. The first-order valence-electron chi connectivity index (χ1n) is 10.6. The molecule has 168 valence electrons. The molecule has 1 aliphatic rings. The van der Waals surface area contributed by atoms with Crippen LogP contribution in [0.4, 0.5) is 11.4 Å². The summed E-state index contributed by atoms with van der Waals surface area (Å²) in [7, 11) is 0. The Morgan fingerprint density at radius 3 is 2.27 bits per heavy atom. The molecular formula is C26H23ClN2O4. The third-order valence-corrected chi connectivity index (χ3v) is 6.21. The Morgan fingerprint density at radius 2 is 1.61 bits per heavy atom. The largest absolute Gasteiger partial charge is 0.478 e. The van der Waals surface area contributed by atoms with Crippen LogP contribution in [0, 0.1) is 5.92 Å². The number of Topliss-reactive ketones (excluding diaryl/α,β-unsaturated/α-hetero) is 1. The zero-order chi connectivity index (χ0) is 23.7. The van der Waals surface area contributed by atoms with Crippen molar-refractivity contribution < 1.29 is 19.5 Å². The zero-order valence-electron chi connectivity index (χ0n) is 18.2. The van der Waals surface area contributed by atoms with Crippen LogP contribution in [0.5, 0.6) is 0 Å². The predicted octanol–water partition coefficient (Wildman–Crippen LogP) is 5.45. The van der Waals surface area contributed by atoms with Gasteiger partial charge in [0.1, 0.15) is 0 Å². The quantitative estimate of drug-likeness (QED) is 0.492. The molecule has 1 heterocycles. The first kappa shape index (κ1) is 22.6. The summed E-state index contributed by atoms with van der Waals surface area (Å²) in [4.78, 5) is 39.9. The van der Waals surface area contributed by atoms with Gasteiger partial charge >= 0.3 is 5.97 Å². The molecule has 0 saturated carbocycles. The predicted molar refractivity (Wildman–Crippen MR) is 128 cm³/mol. The van der Waals surface area contributed by atoms with Crippen LogP contribution in [0.25, 0.3) is 0 Å². The summed E-state index contributed by atoms with van der Waals surface area (Å²) in [5.41, 5.74) is 2.61. The molecule has 6 nitrogen and oxygen atoms in total. The summed E-state index contributed by atoms with van der Waals surface area (Å²) < 4.78 is 0. The molecule has 1 aliphatic heterocycles. The van der Waals surface area contributed by atoms with Gasteiger partial charge in [-0.2, -0.15) is 0 Å². The molecule has 33 heavy (non-hydrogen) atoms. The van der Waals surface area contributed by atoms with E-state index in [9.17, 15) is 19.5 Å². The number of carboxylic acid groups (broad SMARTS) is 1. The van der Waals surface area contributed by atoms with Crippen LogP contribution in [0.1, 0.15) is 46.2 Å². The van der Waals surface area contributed by atoms with Gasteiger partial charge in [0.2, 0.25) is 5.91 Å². The number of nitrogens with one attached hydrogen (secondary N) is 1. The Hall–Kier alpha value is -3.64. The van der Waals surface area contributed by atoms with E-state index in [2.05, 4.69) is 5.32 Å². The zero-order valence-corrected chi connectivity index (χ0v) is 18.9. The molecule has 3 aromatic rings. The summed E-state index contributed by atoms with van der Waals surface area (Å²) >= 11 is 6.07. The van der Waals surface area contributed by atoms with Crippen LogP contribution < -0.4 is 10.2 Å². The number of halogens is 1. The molecule has 0 radical (unpaired) electrons. The van der Waals surface area contributed by atoms with Crippen molar-refractivity contribution in [3.8, 4) is 0 Å². The van der Waals surface area contributed by atoms with E-state index in [0.29, 0.717) is 10.7 Å². The SMILES string of the molecule is CC(=O)N(c1ccc(Cl)cc1)[C@H]1c2ccccc2N[C@@H](C)C1C(=O)c1cccc(C(=O)O)c1. The van der Waals surface area contributed by atoms with Crippen molar-refractivity contribution in [2.45, 2.75) is 25.9 Å². The lowest BCUT2D eigenvalue weighted by molar-refractivity contribution is -0.117. The molecule has 0 bridgehead atoms. The fourth-order valence-electron chi connectivity index (χ4n) is 4.50. The van der Waals surface area contributed by atoms with E-state index in [4.69, 9.17) is 11.6 Å². The number of ketones is 1. The van der Waals surface area contributed by atoms with Gasteiger partial charge in [0, 0.05) is 34.9 Å². The van der Waals surface area contributed by atoms with Crippen molar-refractivity contribution in [1.29, 1.82) is 0 Å². The molecule has 4 rings (SSSR count). The van der Waals surface area contributed by atoms with Crippen LogP contribution in [0.2, 0.25) is 5.02 Å². The van der Waals surface area contributed by atoms with Gasteiger partial charge in [-0.05, 0) is 55.0 Å². The lowest BCUT2D eigenvalue weighted by Gasteiger charge is -2.43. The normalized spacial score (nSPS) is 19.2. The van der Waals surface area contributed by atoms with Crippen LogP contribution >= 0.6 is 11.6 Å². The molecule has 2 N–H and O–H groups in total. The lowest BCUT2D eigenvalue weighted by Crippen LogP contribution is -2.49. The monoisotopic (exact) mass is 462 g/mol. The van der Waals surface area contributed by atoms with E-state index in [-0.39, 0.29) is 28.9 Å². The fraction of sp³-hybridized carbons (Fsp3) is 0.192. The molecule has 0 aromatic heterocycles. The van der Waals surface area contributed by atoms with Crippen molar-refractivity contribution in [3.05, 3.63) is 94.5 Å². The van der Waals surface area contributed by atoms with E-state index < -0.39 is 17.9 Å². The minimum absolute atomic E-state index is 0.0374. The third kappa shape index (κ3) is 4.34. The maximum atomic E-state index is 13.8. The second-order valence-electron chi connectivity index (χ2n) is 8.11. The molecular weight excluding hydrogens is 440 g/mol. The van der Waals surface area contributed by atoms with E-state index >= 15 is 0 Å². The second-order valence-corrected chi connectivity index (χ2v) is 8.54. The Morgan fingerprint density at radius 1 is 0.939 bits per heavy atom. The lowest BCUT2D eigenvalue weighted by atomic mass is 9.77. The fourth-order valence-corrected chi connectivity index (χ4v) is 4.62. The van der Waals surface area contributed by atoms with E-state index in [0.717, 1.165) is 11.3 Å². The second kappa shape index (κ2) is 9.08. The van der Waals surface area contributed by atoms with Crippen molar-refractivity contribution in [2.24, 2.45) is 5.92 Å². The number of fused-ring (bicyclic) bond motifs is 1. The standard InChI is InChI=1S/C26H23ClN2O4/c1-15-23(25(31)17-6-5-7-18(14-17)26(32)33)24(21-8-3-4-9-22(21)28-15)29(16(2)30)20-12-10-19(27)11-13-20/h3-15,23-24,28H,1-2H3,(H,32,33)/t15-,23?,24-/m0/s1. The summed E-state index contributed by atoms with van der Waals surface area (Å²) in [6.07, 6.45) is 0. The molecule has 1 unspecified atom stereocenters. The average Bonchev–Trinajstić information content (AvgIpc) is 2.80. The van der Waals surface area contributed by atoms with Gasteiger partial charge in [-0.3, -0.25) is 9.59 Å². The number of hydrogen-bond donors (Lipinski definition) is 2. The molecule has 0 aliphatic carbocycles. The van der Waals surface area contributed by atoms with Crippen molar-refractivity contribution in [3.63, 3.8) is 0 Å². The van der Waals surface area contributed by atoms with Crippen LogP contribution in [0.3, 0.4) is 0 Å². The molecule has 0 spiro atoms. The highest BCUT2D eigenvalue weighted by Gasteiger charge is 2.44. The molecule has 0 fully saturated rings. The first-order chi connectivity index (χ1) is 15.8. The van der Waals surface area contributed by atoms with Gasteiger partial charge in [-0.15, -0.1) is 0 Å². The highest BCUT2D eigenvalue weighted by molar-refractivity contribution is 6.30. The number of para-hydroxylation sites is 1. The number of nitrogens with zero attached hydrogens (tertiary/aromatic N) is 1. The number of amides is 1. The number of carboxylic acids is 1. The number of benzene rings is 3. The summed E-state index contributed by atoms with van der Waals surface area (Å²) in [5, 5.41) is 13.3. The molecule has 3 aromatic carbocycles. The van der Waals surface area contributed by atoms with Gasteiger partial charge in [0.05, 0.1) is 17.5 Å². The van der Waals surface area contributed by atoms with E-state index in [1.165, 1.54) is 19.1 Å². The van der Waals surface area contributed by atoms with Crippen LogP contribution in [-0.2, 0) is 4.79 Å². The Labute approximate surface area is 196 Å². The Balaban J connectivity index is 1.88. The summed E-state index contributed by atoms with van der Waals surface area (Å²) in [6, 6.07) is 19.6. The topological polar surface area (TPSA) is 86.7 Å². The number of carbonyl (C=O) groups is 3. The average molecular weight is 463 g/mol. The number of carbonyl (C=O) groups excluding carboxylic acids is 2. The third-order valence-electron chi connectivity index (χ3n) is 5.96. The minimum Gasteiger partial charge on any atom is -0.478 e. The van der Waals surface area contributed by atoms with E-state index in [1.54, 1.807) is 41.3 Å². The maximum Gasteiger partial charge on any atom is 0.335 e. The van der Waals surface area contributed by atoms with Gasteiger partial charge in [0.25, 0.3) is 0 Å². The Bertz CT molecular complexity index is 1220. The van der Waals surface area contributed by atoms with E-state index in [1.807, 2.05) is 31.2 Å². The van der Waals surface area contributed by atoms with Crippen molar-refractivity contribution in [2.75, 3.05) is 10.2 Å². The molecule has 3 atom stereocenters. The highest BCUT2D eigenvalue weighted by atomic mass is 35.5. The van der Waals surface area contributed by atoms with Gasteiger partial charge in [0.15, 0.2) is 5.78 Å². The summed E-state index contributed by atoms with van der Waals surface area (Å²) in [6.45, 7) is 3.36. The number of aromatic carboxylic acids is 1. The highest BCUT2D eigenvalue weighted by Crippen LogP contribution is 2.44. The number of rotatable bonds is 5. The minimum atomic E-state index is -1.10. The van der Waals surface area contributed by atoms with Gasteiger partial charge in [-0.1, -0.05) is 41.9 Å². The van der Waals surface area contributed by atoms with Crippen molar-refractivity contribution >= 4 is 40.6 Å². The number of hydrogen-bond acceptors (Lipinski definition) is 4. The Kier molecular flexibility index (Phi) is 6.20. The van der Waals surface area contributed by atoms with Crippen molar-refractivity contribution in [1.82, 2.24) is 0 Å². The first-order valence-corrected chi connectivity index (χ1v) is 10.9. The number of anilines is 2. The maximum absolute atomic E-state index is 13.8. The van der Waals surface area contributed by atoms with Gasteiger partial charge in [-0.25, -0.2) is 4.79 Å². The summed E-state index contributed by atoms with van der Waals surface area (Å²) in [5.74, 6) is -2.22. The molecule has 1 amide bonds. The van der Waals surface area contributed by atoms with Crippen LogP contribution in [0.15, 0.2) is 72.8 Å². The van der Waals surface area contributed by atoms with Gasteiger partial charge < -0.3 is 15.3 Å². The smallest absolute Gasteiger partial charge is 0.335 e. The molecule has 7 heteroatoms.